The molecule has 1 unspecified atom stereocenters. The van der Waals surface area contributed by atoms with Gasteiger partial charge in [-0.15, -0.1) is 11.3 Å². The number of hydrogen-bond donors (Lipinski definition) is 1. The Morgan fingerprint density at radius 3 is 2.35 bits per heavy atom. The second-order valence-corrected chi connectivity index (χ2v) is 5.67. The molecule has 1 aromatic heterocycles. The summed E-state index contributed by atoms with van der Waals surface area (Å²) in [5.41, 5.74) is 0.660. The van der Waals surface area contributed by atoms with Gasteiger partial charge in [0.05, 0.1) is 6.42 Å². The van der Waals surface area contributed by atoms with Crippen LogP contribution in [0.25, 0.3) is 0 Å². The third-order valence-corrected chi connectivity index (χ3v) is 4.11. The zero-order valence-corrected chi connectivity index (χ0v) is 11.8. The Morgan fingerprint density at radius 1 is 1.10 bits per heavy atom. The van der Waals surface area contributed by atoms with Crippen molar-refractivity contribution < 1.29 is 13.2 Å². The van der Waals surface area contributed by atoms with Crippen molar-refractivity contribution in [2.24, 2.45) is 0 Å². The number of hydrogen-bond acceptors (Lipinski definition) is 2. The lowest BCUT2D eigenvalue weighted by atomic mass is 10.0. The van der Waals surface area contributed by atoms with Crippen LogP contribution in [0.1, 0.15) is 35.9 Å². The van der Waals surface area contributed by atoms with E-state index in [0.717, 1.165) is 4.88 Å². The zero-order chi connectivity index (χ0) is 14.6. The molecular formula is C15H16F3NS. The van der Waals surface area contributed by atoms with Gasteiger partial charge in [0.25, 0.3) is 0 Å². The van der Waals surface area contributed by atoms with Crippen molar-refractivity contribution >= 4 is 11.3 Å². The fraction of sp³-hybridized carbons (Fsp3) is 0.333. The lowest BCUT2D eigenvalue weighted by Gasteiger charge is -2.24. The highest BCUT2D eigenvalue weighted by Gasteiger charge is 2.33. The van der Waals surface area contributed by atoms with Crippen LogP contribution in [-0.4, -0.2) is 6.18 Å². The topological polar surface area (TPSA) is 12.0 Å². The van der Waals surface area contributed by atoms with Crippen molar-refractivity contribution in [3.63, 3.8) is 0 Å². The van der Waals surface area contributed by atoms with Crippen LogP contribution < -0.4 is 5.32 Å². The summed E-state index contributed by atoms with van der Waals surface area (Å²) in [5, 5.41) is 5.01. The van der Waals surface area contributed by atoms with Gasteiger partial charge in [-0.3, -0.25) is 0 Å². The Morgan fingerprint density at radius 2 is 1.80 bits per heavy atom. The Kier molecular flexibility index (Phi) is 4.83. The highest BCUT2D eigenvalue weighted by atomic mass is 32.1. The van der Waals surface area contributed by atoms with Gasteiger partial charge in [-0.2, -0.15) is 13.2 Å². The number of halogens is 3. The van der Waals surface area contributed by atoms with E-state index in [4.69, 9.17) is 0 Å². The maximum Gasteiger partial charge on any atom is 0.390 e. The van der Waals surface area contributed by atoms with E-state index in [1.54, 1.807) is 41.7 Å². The van der Waals surface area contributed by atoms with Crippen molar-refractivity contribution in [1.82, 2.24) is 5.32 Å². The third kappa shape index (κ3) is 4.35. The molecule has 0 bridgehead atoms. The summed E-state index contributed by atoms with van der Waals surface area (Å²) in [4.78, 5) is 1.04. The van der Waals surface area contributed by atoms with Crippen molar-refractivity contribution in [3.05, 3.63) is 58.3 Å². The van der Waals surface area contributed by atoms with E-state index in [2.05, 4.69) is 5.32 Å². The minimum atomic E-state index is -4.19. The molecule has 0 aliphatic carbocycles. The molecule has 2 atom stereocenters. The number of alkyl halides is 3. The lowest BCUT2D eigenvalue weighted by molar-refractivity contribution is -0.140. The van der Waals surface area contributed by atoms with Crippen LogP contribution in [0.15, 0.2) is 47.8 Å². The van der Waals surface area contributed by atoms with E-state index in [0.29, 0.717) is 5.56 Å². The van der Waals surface area contributed by atoms with Crippen molar-refractivity contribution in [3.8, 4) is 0 Å². The fourth-order valence-corrected chi connectivity index (χ4v) is 2.85. The van der Waals surface area contributed by atoms with Crippen LogP contribution in [0.4, 0.5) is 13.2 Å². The van der Waals surface area contributed by atoms with Gasteiger partial charge in [0.15, 0.2) is 0 Å². The second kappa shape index (κ2) is 6.41. The summed E-state index contributed by atoms with van der Waals surface area (Å²) in [7, 11) is 0. The van der Waals surface area contributed by atoms with Gasteiger partial charge in [0.2, 0.25) is 0 Å². The van der Waals surface area contributed by atoms with E-state index in [-0.39, 0.29) is 6.04 Å². The van der Waals surface area contributed by atoms with Crippen molar-refractivity contribution in [1.29, 1.82) is 0 Å². The predicted octanol–water partition coefficient (Wildman–Crippen LogP) is 5.09. The first kappa shape index (κ1) is 15.1. The average Bonchev–Trinajstić information content (AvgIpc) is 2.91. The highest BCUT2D eigenvalue weighted by Crippen LogP contribution is 2.32. The third-order valence-electron chi connectivity index (χ3n) is 3.06. The van der Waals surface area contributed by atoms with E-state index in [1.807, 2.05) is 24.4 Å². The summed E-state index contributed by atoms with van der Waals surface area (Å²) in [5.74, 6) is 0. The van der Waals surface area contributed by atoms with Gasteiger partial charge < -0.3 is 5.32 Å². The van der Waals surface area contributed by atoms with Gasteiger partial charge in [-0.25, -0.2) is 0 Å². The molecule has 20 heavy (non-hydrogen) atoms. The minimum Gasteiger partial charge on any atom is -0.302 e. The number of rotatable bonds is 5. The average molecular weight is 299 g/mol. The van der Waals surface area contributed by atoms with Gasteiger partial charge in [0, 0.05) is 17.0 Å². The van der Waals surface area contributed by atoms with Crippen LogP contribution in [-0.2, 0) is 0 Å². The molecule has 1 N–H and O–H groups in total. The van der Waals surface area contributed by atoms with Gasteiger partial charge >= 0.3 is 6.18 Å². The van der Waals surface area contributed by atoms with Crippen molar-refractivity contribution in [2.45, 2.75) is 31.6 Å². The van der Waals surface area contributed by atoms with Crippen LogP contribution in [0.5, 0.6) is 0 Å². The zero-order valence-electron chi connectivity index (χ0n) is 11.0. The molecule has 1 heterocycles. The maximum atomic E-state index is 12.7. The van der Waals surface area contributed by atoms with E-state index in [1.165, 1.54) is 0 Å². The Hall–Kier alpha value is -1.33. The summed E-state index contributed by atoms with van der Waals surface area (Å²) < 4.78 is 38.2. The van der Waals surface area contributed by atoms with Crippen LogP contribution in [0.3, 0.4) is 0 Å². The molecule has 0 saturated heterocycles. The summed E-state index contributed by atoms with van der Waals surface area (Å²) in [6.07, 6.45) is -5.06. The molecule has 0 radical (unpaired) electrons. The normalized spacial score (nSPS) is 15.0. The second-order valence-electron chi connectivity index (χ2n) is 4.69. The fourth-order valence-electron chi connectivity index (χ4n) is 2.11. The monoisotopic (exact) mass is 299 g/mol. The molecule has 0 amide bonds. The molecule has 0 aliphatic rings. The molecule has 1 nitrogen and oxygen atoms in total. The Bertz CT molecular complexity index is 508. The SMILES string of the molecule is C[C@@H](NC(CC(F)(F)F)c1ccccc1)c1cccs1. The molecular weight excluding hydrogens is 283 g/mol. The molecule has 0 spiro atoms. The molecule has 108 valence electrons. The van der Waals surface area contributed by atoms with Gasteiger partial charge in [0.1, 0.15) is 0 Å². The maximum absolute atomic E-state index is 12.7. The Labute approximate surface area is 120 Å². The molecule has 1 aromatic carbocycles. The quantitative estimate of drug-likeness (QED) is 0.810. The number of nitrogens with one attached hydrogen (secondary N) is 1. The molecule has 2 aromatic rings. The summed E-state index contributed by atoms with van der Waals surface area (Å²) in [6, 6.07) is 11.8. The Balaban J connectivity index is 2.15. The summed E-state index contributed by atoms with van der Waals surface area (Å²) >= 11 is 1.54. The van der Waals surface area contributed by atoms with E-state index >= 15 is 0 Å². The molecule has 0 fully saturated rings. The van der Waals surface area contributed by atoms with Gasteiger partial charge in [-0.1, -0.05) is 36.4 Å². The first-order chi connectivity index (χ1) is 9.46. The highest BCUT2D eigenvalue weighted by molar-refractivity contribution is 7.10. The first-order valence-electron chi connectivity index (χ1n) is 6.37. The van der Waals surface area contributed by atoms with E-state index < -0.39 is 18.6 Å². The van der Waals surface area contributed by atoms with Crippen molar-refractivity contribution in [2.75, 3.05) is 0 Å². The first-order valence-corrected chi connectivity index (χ1v) is 7.25. The molecule has 2 rings (SSSR count). The van der Waals surface area contributed by atoms with Crippen LogP contribution in [0.2, 0.25) is 0 Å². The largest absolute Gasteiger partial charge is 0.390 e. The van der Waals surface area contributed by atoms with Gasteiger partial charge in [-0.05, 0) is 23.9 Å². The number of benzene rings is 1. The molecule has 5 heteroatoms. The van der Waals surface area contributed by atoms with Crippen LogP contribution >= 0.6 is 11.3 Å². The smallest absolute Gasteiger partial charge is 0.302 e. The standard InChI is InChI=1S/C15H16F3NS/c1-11(14-8-5-9-20-14)19-13(10-15(16,17)18)12-6-3-2-4-7-12/h2-9,11,13,19H,10H2,1H3/t11-,13?/m1/s1. The van der Waals surface area contributed by atoms with Crippen LogP contribution in [0, 0.1) is 0 Å². The predicted molar refractivity (Wildman–Crippen MR) is 75.7 cm³/mol. The minimum absolute atomic E-state index is 0.109. The number of thiophene rings is 1. The molecule has 0 saturated carbocycles. The summed E-state index contributed by atoms with van der Waals surface area (Å²) in [6.45, 7) is 1.89. The van der Waals surface area contributed by atoms with E-state index in [9.17, 15) is 13.2 Å². The lowest BCUT2D eigenvalue weighted by Crippen LogP contribution is -2.28. The molecule has 0 aliphatic heterocycles.